The number of rotatable bonds is 16. The molecule has 3 unspecified atom stereocenters. The quantitative estimate of drug-likeness (QED) is 0.222. The monoisotopic (exact) mass is 418 g/mol. The lowest BCUT2D eigenvalue weighted by Gasteiger charge is -2.16. The second-order valence-corrected chi connectivity index (χ2v) is 6.79. The van der Waals surface area contributed by atoms with Crippen molar-refractivity contribution in [2.75, 3.05) is 19.8 Å². The van der Waals surface area contributed by atoms with E-state index in [1.807, 2.05) is 6.92 Å². The first-order chi connectivity index (χ1) is 13.7. The Morgan fingerprint density at radius 1 is 0.793 bits per heavy atom. The van der Waals surface area contributed by atoms with Crippen molar-refractivity contribution >= 4 is 11.9 Å². The van der Waals surface area contributed by atoms with Gasteiger partial charge in [-0.05, 0) is 46.5 Å². The third-order valence-corrected chi connectivity index (χ3v) is 3.51. The highest BCUT2D eigenvalue weighted by Crippen LogP contribution is 2.06. The van der Waals surface area contributed by atoms with Gasteiger partial charge in [-0.15, -0.1) is 0 Å². The number of aliphatic hydroxyl groups is 2. The summed E-state index contributed by atoms with van der Waals surface area (Å²) in [7, 11) is 0. The van der Waals surface area contributed by atoms with Gasteiger partial charge < -0.3 is 29.9 Å². The van der Waals surface area contributed by atoms with E-state index in [1.165, 1.54) is 0 Å². The predicted molar refractivity (Wildman–Crippen MR) is 111 cm³/mol. The van der Waals surface area contributed by atoms with E-state index in [0.717, 1.165) is 50.7 Å². The third-order valence-electron chi connectivity index (χ3n) is 3.51. The molecule has 29 heavy (non-hydrogen) atoms. The second-order valence-electron chi connectivity index (χ2n) is 6.79. The first-order valence-electron chi connectivity index (χ1n) is 10.00. The lowest BCUT2D eigenvalue weighted by atomic mass is 10.1. The molecule has 0 aromatic heterocycles. The van der Waals surface area contributed by atoms with E-state index in [4.69, 9.17) is 29.9 Å². The zero-order valence-corrected chi connectivity index (χ0v) is 17.8. The molecule has 0 rings (SSSR count). The number of aliphatic hydroxyl groups excluding tert-OH is 2. The second kappa shape index (κ2) is 21.0. The van der Waals surface area contributed by atoms with Gasteiger partial charge in [0.25, 0.3) is 0 Å². The average Bonchev–Trinajstić information content (AvgIpc) is 2.65. The van der Waals surface area contributed by atoms with Gasteiger partial charge in [0, 0.05) is 12.2 Å². The molecule has 0 aromatic rings. The van der Waals surface area contributed by atoms with E-state index in [9.17, 15) is 9.59 Å². The summed E-state index contributed by atoms with van der Waals surface area (Å²) in [6, 6.07) is 0. The van der Waals surface area contributed by atoms with Gasteiger partial charge >= 0.3 is 11.9 Å². The Kier molecular flexibility index (Phi) is 21.3. The first kappa shape index (κ1) is 29.5. The number of aliphatic carboxylic acids is 2. The van der Waals surface area contributed by atoms with Crippen molar-refractivity contribution in [3.8, 4) is 0 Å². The van der Waals surface area contributed by atoms with E-state index in [0.29, 0.717) is 13.2 Å². The molecule has 8 nitrogen and oxygen atoms in total. The van der Waals surface area contributed by atoms with Gasteiger partial charge in [-0.2, -0.15) is 0 Å². The summed E-state index contributed by atoms with van der Waals surface area (Å²) in [5, 5.41) is 34.2. The summed E-state index contributed by atoms with van der Waals surface area (Å²) in [4.78, 5) is 20.2. The fourth-order valence-electron chi connectivity index (χ4n) is 1.95. The van der Waals surface area contributed by atoms with Crippen molar-refractivity contribution in [2.24, 2.45) is 0 Å². The molecule has 3 atom stereocenters. The Bertz CT molecular complexity index is 432. The number of carboxylic acid groups (broad SMARTS) is 2. The van der Waals surface area contributed by atoms with Gasteiger partial charge in [0.1, 0.15) is 0 Å². The topological polar surface area (TPSA) is 134 Å². The summed E-state index contributed by atoms with van der Waals surface area (Å²) < 4.78 is 10.5. The van der Waals surface area contributed by atoms with Crippen LogP contribution in [0.25, 0.3) is 0 Å². The molecular weight excluding hydrogens is 380 g/mol. The highest BCUT2D eigenvalue weighted by atomic mass is 16.5. The van der Waals surface area contributed by atoms with Crippen LogP contribution in [0.4, 0.5) is 0 Å². The summed E-state index contributed by atoms with van der Waals surface area (Å²) in [5.41, 5.74) is 0. The van der Waals surface area contributed by atoms with E-state index in [-0.39, 0.29) is 18.8 Å². The minimum Gasteiger partial charge on any atom is -0.478 e. The minimum absolute atomic E-state index is 0.0170. The SMILES string of the molecule is CC(O)COC(C)COC(C)CO.O=C(O)C=CCCCCCCC=CC(=O)O. The van der Waals surface area contributed by atoms with Crippen molar-refractivity contribution in [3.63, 3.8) is 0 Å². The van der Waals surface area contributed by atoms with Crippen LogP contribution >= 0.6 is 0 Å². The van der Waals surface area contributed by atoms with Crippen molar-refractivity contribution in [1.82, 2.24) is 0 Å². The maximum atomic E-state index is 10.1. The van der Waals surface area contributed by atoms with Crippen LogP contribution in [-0.2, 0) is 19.1 Å². The van der Waals surface area contributed by atoms with Crippen molar-refractivity contribution in [1.29, 1.82) is 0 Å². The van der Waals surface area contributed by atoms with Gasteiger partial charge in [0.15, 0.2) is 0 Å². The summed E-state index contributed by atoms with van der Waals surface area (Å²) in [6.45, 7) is 6.10. The predicted octanol–water partition coefficient (Wildman–Crippen LogP) is 2.78. The molecule has 4 N–H and O–H groups in total. The summed E-state index contributed by atoms with van der Waals surface area (Å²) in [6.07, 6.45) is 10.6. The van der Waals surface area contributed by atoms with Gasteiger partial charge in [-0.25, -0.2) is 9.59 Å². The molecule has 0 saturated heterocycles. The molecule has 0 aliphatic heterocycles. The molecule has 0 aromatic carbocycles. The average molecular weight is 419 g/mol. The van der Waals surface area contributed by atoms with Crippen LogP contribution in [0.3, 0.4) is 0 Å². The molecule has 0 heterocycles. The Labute approximate surface area is 173 Å². The minimum atomic E-state index is -0.904. The Morgan fingerprint density at radius 2 is 1.24 bits per heavy atom. The largest absolute Gasteiger partial charge is 0.478 e. The smallest absolute Gasteiger partial charge is 0.327 e. The van der Waals surface area contributed by atoms with Crippen LogP contribution in [0.1, 0.15) is 59.3 Å². The Balaban J connectivity index is 0. The summed E-state index contributed by atoms with van der Waals surface area (Å²) in [5.74, 6) is -1.81. The number of carbonyl (C=O) groups is 2. The number of allylic oxidation sites excluding steroid dienone is 2. The molecule has 0 fully saturated rings. The molecule has 0 aliphatic carbocycles. The molecule has 0 spiro atoms. The fraction of sp³-hybridized carbons (Fsp3) is 0.714. The lowest BCUT2D eigenvalue weighted by molar-refractivity contribution is -0.132. The van der Waals surface area contributed by atoms with Crippen LogP contribution in [-0.4, -0.2) is 70.5 Å². The fourth-order valence-corrected chi connectivity index (χ4v) is 1.95. The zero-order valence-electron chi connectivity index (χ0n) is 17.8. The molecule has 170 valence electrons. The highest BCUT2D eigenvalue weighted by molar-refractivity contribution is 5.79. The number of carboxylic acids is 2. The number of hydrogen-bond donors (Lipinski definition) is 4. The molecule has 0 amide bonds. The Morgan fingerprint density at radius 3 is 1.62 bits per heavy atom. The molecule has 0 bridgehead atoms. The van der Waals surface area contributed by atoms with E-state index < -0.39 is 18.0 Å². The van der Waals surface area contributed by atoms with Crippen LogP contribution in [0.2, 0.25) is 0 Å². The highest BCUT2D eigenvalue weighted by Gasteiger charge is 2.07. The molecular formula is C21H38O8. The maximum Gasteiger partial charge on any atom is 0.327 e. The molecule has 8 heteroatoms. The molecule has 0 aliphatic rings. The number of hydrogen-bond acceptors (Lipinski definition) is 6. The molecule has 0 radical (unpaired) electrons. The van der Waals surface area contributed by atoms with Crippen molar-refractivity contribution in [2.45, 2.75) is 77.6 Å². The standard InChI is InChI=1S/C12H18O4.C9H20O4/c13-11(14)9-7-5-3-1-2-4-6-8-10-12(15)16;1-7(11)5-12-9(3)6-13-8(2)4-10/h7-10H,1-6H2,(H,13,14)(H,15,16);7-11H,4-6H2,1-3H3. The van der Waals surface area contributed by atoms with Crippen LogP contribution in [0.5, 0.6) is 0 Å². The van der Waals surface area contributed by atoms with Crippen LogP contribution in [0.15, 0.2) is 24.3 Å². The van der Waals surface area contributed by atoms with Gasteiger partial charge in [0.05, 0.1) is 38.1 Å². The number of unbranched alkanes of at least 4 members (excludes halogenated alkanes) is 5. The van der Waals surface area contributed by atoms with Crippen LogP contribution < -0.4 is 0 Å². The third kappa shape index (κ3) is 28.6. The summed E-state index contributed by atoms with van der Waals surface area (Å²) >= 11 is 0. The van der Waals surface area contributed by atoms with E-state index in [2.05, 4.69) is 0 Å². The van der Waals surface area contributed by atoms with Crippen molar-refractivity contribution in [3.05, 3.63) is 24.3 Å². The first-order valence-corrected chi connectivity index (χ1v) is 10.00. The lowest BCUT2D eigenvalue weighted by Crippen LogP contribution is -2.24. The van der Waals surface area contributed by atoms with Gasteiger partial charge in [-0.3, -0.25) is 0 Å². The maximum absolute atomic E-state index is 10.1. The van der Waals surface area contributed by atoms with Gasteiger partial charge in [-0.1, -0.05) is 25.0 Å². The van der Waals surface area contributed by atoms with Gasteiger partial charge in [0.2, 0.25) is 0 Å². The van der Waals surface area contributed by atoms with E-state index in [1.54, 1.807) is 26.0 Å². The Hall–Kier alpha value is -1.74. The normalized spacial score (nSPS) is 14.4. The van der Waals surface area contributed by atoms with E-state index >= 15 is 0 Å². The molecule has 0 saturated carbocycles. The van der Waals surface area contributed by atoms with Crippen molar-refractivity contribution < 1.29 is 39.5 Å². The van der Waals surface area contributed by atoms with Crippen LogP contribution in [0, 0.1) is 0 Å². The zero-order chi connectivity index (χ0) is 22.5. The number of ether oxygens (including phenoxy) is 2.